The molecule has 8 heteroatoms. The van der Waals surface area contributed by atoms with Gasteiger partial charge in [0.15, 0.2) is 0 Å². The highest BCUT2D eigenvalue weighted by Crippen LogP contribution is 2.29. The number of fused-ring (bicyclic) bond motifs is 1. The lowest BCUT2D eigenvalue weighted by Crippen LogP contribution is -2.45. The first-order valence-electron chi connectivity index (χ1n) is 10.2. The second-order valence-electron chi connectivity index (χ2n) is 8.11. The summed E-state index contributed by atoms with van der Waals surface area (Å²) in [5.41, 5.74) is 2.05. The molecule has 3 heterocycles. The van der Waals surface area contributed by atoms with Crippen molar-refractivity contribution in [2.75, 3.05) is 23.3 Å². The Morgan fingerprint density at radius 2 is 2.00 bits per heavy atom. The number of aryl methyl sites for hydroxylation is 2. The van der Waals surface area contributed by atoms with E-state index in [2.05, 4.69) is 15.3 Å². The monoisotopic (exact) mass is 430 g/mol. The molecular formula is C22H27FN4O2S. The zero-order valence-electron chi connectivity index (χ0n) is 17.9. The van der Waals surface area contributed by atoms with Crippen LogP contribution in [-0.4, -0.2) is 35.3 Å². The van der Waals surface area contributed by atoms with Crippen LogP contribution in [0.3, 0.4) is 0 Å². The fourth-order valence-corrected chi connectivity index (χ4v) is 5.06. The van der Waals surface area contributed by atoms with Crippen LogP contribution in [0.2, 0.25) is 0 Å². The Morgan fingerprint density at radius 3 is 2.67 bits per heavy atom. The molecule has 160 valence electrons. The molecule has 3 atom stereocenters. The quantitative estimate of drug-likeness (QED) is 0.637. The molecular weight excluding hydrogens is 403 g/mol. The second-order valence-corrected chi connectivity index (χ2v) is 9.31. The molecule has 0 bridgehead atoms. The van der Waals surface area contributed by atoms with Crippen molar-refractivity contribution in [2.45, 2.75) is 52.9 Å². The van der Waals surface area contributed by atoms with Gasteiger partial charge in [0.2, 0.25) is 0 Å². The van der Waals surface area contributed by atoms with Crippen LogP contribution >= 0.6 is 11.3 Å². The highest BCUT2D eigenvalue weighted by molar-refractivity contribution is 7.18. The number of thiophene rings is 1. The van der Waals surface area contributed by atoms with Crippen LogP contribution < -0.4 is 15.8 Å². The summed E-state index contributed by atoms with van der Waals surface area (Å²) in [6, 6.07) is 4.86. The third-order valence-corrected chi connectivity index (χ3v) is 6.66. The molecule has 0 aliphatic carbocycles. The molecule has 1 saturated heterocycles. The summed E-state index contributed by atoms with van der Waals surface area (Å²) in [6.45, 7) is 11.1. The molecule has 1 aromatic carbocycles. The van der Waals surface area contributed by atoms with Gasteiger partial charge in [0.25, 0.3) is 5.56 Å². The minimum absolute atomic E-state index is 0.0633. The molecule has 0 spiro atoms. The van der Waals surface area contributed by atoms with Gasteiger partial charge in [-0.15, -0.1) is 11.3 Å². The van der Waals surface area contributed by atoms with Gasteiger partial charge >= 0.3 is 0 Å². The molecule has 3 aromatic rings. The van der Waals surface area contributed by atoms with Crippen LogP contribution in [0.15, 0.2) is 23.0 Å². The summed E-state index contributed by atoms with van der Waals surface area (Å²) in [6.07, 6.45) is 0.127. The Morgan fingerprint density at radius 1 is 1.30 bits per heavy atom. The summed E-state index contributed by atoms with van der Waals surface area (Å²) in [7, 11) is 0. The number of halogens is 1. The first kappa shape index (κ1) is 20.8. The van der Waals surface area contributed by atoms with Crippen molar-refractivity contribution in [2.24, 2.45) is 0 Å². The molecule has 1 aliphatic heterocycles. The number of nitrogens with zero attached hydrogens (tertiary/aromatic N) is 2. The predicted molar refractivity (Wildman–Crippen MR) is 120 cm³/mol. The van der Waals surface area contributed by atoms with Crippen molar-refractivity contribution in [1.82, 2.24) is 9.97 Å². The van der Waals surface area contributed by atoms with Gasteiger partial charge in [-0.3, -0.25) is 4.79 Å². The highest BCUT2D eigenvalue weighted by atomic mass is 32.1. The predicted octanol–water partition coefficient (Wildman–Crippen LogP) is 4.53. The summed E-state index contributed by atoms with van der Waals surface area (Å²) in [5, 5.41) is 3.90. The largest absolute Gasteiger partial charge is 0.375 e. The second kappa shape index (κ2) is 8.00. The maximum Gasteiger partial charge on any atom is 0.259 e. The lowest BCUT2D eigenvalue weighted by molar-refractivity contribution is -0.00539. The Bertz CT molecular complexity index is 1130. The van der Waals surface area contributed by atoms with Crippen molar-refractivity contribution in [3.63, 3.8) is 0 Å². The van der Waals surface area contributed by atoms with E-state index in [0.717, 1.165) is 15.3 Å². The maximum absolute atomic E-state index is 14.9. The molecule has 1 fully saturated rings. The van der Waals surface area contributed by atoms with E-state index < -0.39 is 0 Å². The molecule has 30 heavy (non-hydrogen) atoms. The molecule has 0 amide bonds. The number of benzene rings is 1. The van der Waals surface area contributed by atoms with Gasteiger partial charge in [-0.2, -0.15) is 0 Å². The smallest absolute Gasteiger partial charge is 0.259 e. The van der Waals surface area contributed by atoms with E-state index in [9.17, 15) is 9.18 Å². The van der Waals surface area contributed by atoms with E-state index >= 15 is 0 Å². The Kier molecular flexibility index (Phi) is 5.55. The molecule has 2 N–H and O–H groups in total. The van der Waals surface area contributed by atoms with Crippen molar-refractivity contribution in [1.29, 1.82) is 0 Å². The maximum atomic E-state index is 14.9. The Balaban J connectivity index is 1.55. The molecule has 2 aromatic heterocycles. The summed E-state index contributed by atoms with van der Waals surface area (Å²) >= 11 is 1.52. The summed E-state index contributed by atoms with van der Waals surface area (Å²) < 4.78 is 20.6. The topological polar surface area (TPSA) is 70.2 Å². The molecule has 4 rings (SSSR count). The van der Waals surface area contributed by atoms with Gasteiger partial charge in [-0.1, -0.05) is 0 Å². The van der Waals surface area contributed by atoms with Crippen LogP contribution in [0.4, 0.5) is 15.8 Å². The Labute approximate surface area is 179 Å². The van der Waals surface area contributed by atoms with E-state index in [-0.39, 0.29) is 29.6 Å². The fourth-order valence-electron chi connectivity index (χ4n) is 4.02. The van der Waals surface area contributed by atoms with E-state index in [1.165, 1.54) is 17.4 Å². The fraction of sp³-hybridized carbons (Fsp3) is 0.455. The average molecular weight is 431 g/mol. The van der Waals surface area contributed by atoms with Crippen molar-refractivity contribution in [3.8, 4) is 0 Å². The Hall–Kier alpha value is -2.45. The average Bonchev–Trinajstić information content (AvgIpc) is 2.95. The van der Waals surface area contributed by atoms with E-state index in [1.807, 2.05) is 45.6 Å². The number of nitrogens with one attached hydrogen (secondary N) is 2. The lowest BCUT2D eigenvalue weighted by Gasteiger charge is -2.37. The van der Waals surface area contributed by atoms with E-state index in [4.69, 9.17) is 4.74 Å². The van der Waals surface area contributed by atoms with Crippen molar-refractivity contribution in [3.05, 3.63) is 50.6 Å². The van der Waals surface area contributed by atoms with Crippen LogP contribution in [0.25, 0.3) is 10.2 Å². The molecule has 0 saturated carbocycles. The van der Waals surface area contributed by atoms with Gasteiger partial charge in [0, 0.05) is 23.7 Å². The lowest BCUT2D eigenvalue weighted by atomic mass is 10.1. The normalized spacial score (nSPS) is 20.5. The first-order valence-corrected chi connectivity index (χ1v) is 11.0. The number of anilines is 2. The number of ether oxygens (including phenoxy) is 1. The molecule has 1 aliphatic rings. The number of aromatic nitrogens is 2. The van der Waals surface area contributed by atoms with Crippen molar-refractivity contribution < 1.29 is 9.13 Å². The number of aromatic amines is 1. The highest BCUT2D eigenvalue weighted by Gasteiger charge is 2.24. The SMILES string of the molecule is Cc1sc2nc([C@H](C)Nc3ccc(N4C[C@@H](C)O[C@H](C)C4)c(F)c3)[nH]c(=O)c2c1C. The van der Waals surface area contributed by atoms with Gasteiger partial charge in [-0.05, 0) is 58.4 Å². The number of H-pyrrole nitrogens is 1. The number of hydrogen-bond acceptors (Lipinski definition) is 6. The number of hydrogen-bond donors (Lipinski definition) is 2. The zero-order valence-corrected chi connectivity index (χ0v) is 18.7. The van der Waals surface area contributed by atoms with Crippen LogP contribution in [0, 0.1) is 19.7 Å². The minimum Gasteiger partial charge on any atom is -0.375 e. The summed E-state index contributed by atoms with van der Waals surface area (Å²) in [4.78, 5) is 23.9. The van der Waals surface area contributed by atoms with Gasteiger partial charge in [0.1, 0.15) is 16.5 Å². The van der Waals surface area contributed by atoms with Gasteiger partial charge in [-0.25, -0.2) is 9.37 Å². The molecule has 6 nitrogen and oxygen atoms in total. The third-order valence-electron chi connectivity index (χ3n) is 5.56. The molecule has 0 unspecified atom stereocenters. The minimum atomic E-state index is -0.282. The van der Waals surface area contributed by atoms with Crippen LogP contribution in [0.1, 0.15) is 43.1 Å². The number of morpholine rings is 1. The summed E-state index contributed by atoms with van der Waals surface area (Å²) in [5.74, 6) is 0.254. The third kappa shape index (κ3) is 3.94. The van der Waals surface area contributed by atoms with Gasteiger partial charge < -0.3 is 19.9 Å². The van der Waals surface area contributed by atoms with Gasteiger partial charge in [0.05, 0.1) is 29.3 Å². The molecule has 0 radical (unpaired) electrons. The zero-order chi connectivity index (χ0) is 21.6. The van der Waals surface area contributed by atoms with Crippen LogP contribution in [0.5, 0.6) is 0 Å². The van der Waals surface area contributed by atoms with E-state index in [1.54, 1.807) is 6.07 Å². The van der Waals surface area contributed by atoms with E-state index in [0.29, 0.717) is 35.7 Å². The van der Waals surface area contributed by atoms with Crippen molar-refractivity contribution >= 4 is 32.9 Å². The first-order chi connectivity index (χ1) is 14.2. The van der Waals surface area contributed by atoms with Crippen LogP contribution in [-0.2, 0) is 4.74 Å². The number of rotatable bonds is 4. The standard InChI is InChI=1S/C22H27FN4O2S/c1-11-9-27(10-12(2)29-11)18-7-6-16(8-17(18)23)24-14(4)20-25-21(28)19-13(3)15(5)30-22(19)26-20/h6-8,11-12,14,24H,9-10H2,1-5H3,(H,25,26,28)/t11-,12-,14+/m1/s1.